The molecule has 1 aromatic heterocycles. The zero-order valence-corrected chi connectivity index (χ0v) is 31.8. The molecule has 10 rings (SSSR count). The standard InChI is InChI=1S/C56H38N2/c1-7-21-39(22-8-1)45-33-19-35-47(37-45)49-50(48-36-20-34-46(38-48)40-23-9-2-10-24-40)52(42-27-13-4-14-28-42)56-55(51(49)41-25-11-3-12-26-41)57-53(43-29-15-5-16-30-43)54(58-56)44-31-17-6-18-32-44/h1-38H. The second kappa shape index (κ2) is 15.5. The van der Waals surface area contributed by atoms with E-state index < -0.39 is 0 Å². The minimum absolute atomic E-state index is 0.846. The van der Waals surface area contributed by atoms with Gasteiger partial charge in [0.1, 0.15) is 0 Å². The zero-order chi connectivity index (χ0) is 38.7. The van der Waals surface area contributed by atoms with E-state index in [1.807, 2.05) is 0 Å². The molecule has 0 aliphatic rings. The Balaban J connectivity index is 1.43. The van der Waals surface area contributed by atoms with Crippen molar-refractivity contribution in [3.8, 4) is 89.3 Å². The summed E-state index contributed by atoms with van der Waals surface area (Å²) in [6, 6.07) is 81.7. The normalized spacial score (nSPS) is 11.1. The summed E-state index contributed by atoms with van der Waals surface area (Å²) < 4.78 is 0. The van der Waals surface area contributed by atoms with Crippen molar-refractivity contribution >= 4 is 11.0 Å². The molecule has 0 amide bonds. The molecule has 0 radical (unpaired) electrons. The van der Waals surface area contributed by atoms with Crippen LogP contribution < -0.4 is 0 Å². The Bertz CT molecular complexity index is 2790. The number of hydrogen-bond donors (Lipinski definition) is 0. The van der Waals surface area contributed by atoms with Gasteiger partial charge in [0.15, 0.2) is 0 Å². The van der Waals surface area contributed by atoms with Crippen LogP contribution in [0.15, 0.2) is 231 Å². The largest absolute Gasteiger partial charge is 0.243 e. The van der Waals surface area contributed by atoms with Crippen LogP contribution in [0.2, 0.25) is 0 Å². The van der Waals surface area contributed by atoms with Crippen molar-refractivity contribution in [1.82, 2.24) is 9.97 Å². The van der Waals surface area contributed by atoms with Crippen molar-refractivity contribution in [2.75, 3.05) is 0 Å². The summed E-state index contributed by atoms with van der Waals surface area (Å²) in [4.78, 5) is 11.6. The molecule has 0 fully saturated rings. The lowest BCUT2D eigenvalue weighted by atomic mass is 9.80. The molecule has 0 atom stereocenters. The van der Waals surface area contributed by atoms with E-state index in [0.717, 1.165) is 89.2 Å². The van der Waals surface area contributed by atoms with Crippen LogP contribution in [0.5, 0.6) is 0 Å². The Labute approximate surface area is 339 Å². The Kier molecular flexibility index (Phi) is 9.27. The molecule has 9 aromatic carbocycles. The Morgan fingerprint density at radius 3 is 0.776 bits per heavy atom. The predicted octanol–water partition coefficient (Wildman–Crippen LogP) is 15.0. The second-order valence-corrected chi connectivity index (χ2v) is 14.5. The molecule has 10 aromatic rings. The first-order valence-corrected chi connectivity index (χ1v) is 19.8. The van der Waals surface area contributed by atoms with Gasteiger partial charge >= 0.3 is 0 Å². The van der Waals surface area contributed by atoms with Crippen LogP contribution in [0, 0.1) is 0 Å². The van der Waals surface area contributed by atoms with E-state index in [-0.39, 0.29) is 0 Å². The molecular formula is C56H38N2. The van der Waals surface area contributed by atoms with Gasteiger partial charge in [-0.15, -0.1) is 0 Å². The molecule has 58 heavy (non-hydrogen) atoms. The Morgan fingerprint density at radius 2 is 0.448 bits per heavy atom. The Hall–Kier alpha value is -7.68. The minimum Gasteiger partial charge on any atom is -0.243 e. The number of nitrogens with zero attached hydrogens (tertiary/aromatic N) is 2. The van der Waals surface area contributed by atoms with E-state index in [0.29, 0.717) is 0 Å². The van der Waals surface area contributed by atoms with Crippen molar-refractivity contribution in [3.63, 3.8) is 0 Å². The van der Waals surface area contributed by atoms with Gasteiger partial charge in [-0.2, -0.15) is 0 Å². The zero-order valence-electron chi connectivity index (χ0n) is 31.8. The van der Waals surface area contributed by atoms with E-state index in [2.05, 4.69) is 231 Å². The Morgan fingerprint density at radius 1 is 0.190 bits per heavy atom. The molecular weight excluding hydrogens is 701 g/mol. The fourth-order valence-corrected chi connectivity index (χ4v) is 8.18. The number of hydrogen-bond acceptors (Lipinski definition) is 2. The van der Waals surface area contributed by atoms with Gasteiger partial charge in [-0.1, -0.05) is 218 Å². The molecule has 0 N–H and O–H groups in total. The molecule has 0 saturated carbocycles. The average molecular weight is 739 g/mol. The molecule has 272 valence electrons. The van der Waals surface area contributed by atoms with Gasteiger partial charge in [-0.05, 0) is 56.6 Å². The van der Waals surface area contributed by atoms with Crippen molar-refractivity contribution in [2.45, 2.75) is 0 Å². The van der Waals surface area contributed by atoms with E-state index in [9.17, 15) is 0 Å². The quantitative estimate of drug-likeness (QED) is 0.155. The molecule has 1 heterocycles. The van der Waals surface area contributed by atoms with Gasteiger partial charge in [0.2, 0.25) is 0 Å². The summed E-state index contributed by atoms with van der Waals surface area (Å²) >= 11 is 0. The number of rotatable bonds is 8. The molecule has 2 heteroatoms. The first kappa shape index (κ1) is 34.8. The predicted molar refractivity (Wildman–Crippen MR) is 243 cm³/mol. The van der Waals surface area contributed by atoms with Gasteiger partial charge in [0.25, 0.3) is 0 Å². The smallest absolute Gasteiger partial charge is 0.0986 e. The van der Waals surface area contributed by atoms with E-state index in [1.54, 1.807) is 0 Å². The molecule has 0 bridgehead atoms. The van der Waals surface area contributed by atoms with Crippen LogP contribution in [0.3, 0.4) is 0 Å². The van der Waals surface area contributed by atoms with Crippen LogP contribution in [0.4, 0.5) is 0 Å². The van der Waals surface area contributed by atoms with E-state index in [1.165, 1.54) is 11.1 Å². The minimum atomic E-state index is 0.846. The SMILES string of the molecule is c1ccc(-c2cccc(-c3c(-c4cccc(-c5ccccc5)c4)c(-c4ccccc4)c4nc(-c5ccccc5)c(-c5ccccc5)nc4c3-c3ccccc3)c2)cc1. The molecule has 0 aliphatic heterocycles. The monoisotopic (exact) mass is 738 g/mol. The summed E-state index contributed by atoms with van der Waals surface area (Å²) in [5.41, 5.74) is 18.8. The van der Waals surface area contributed by atoms with Crippen LogP contribution in [-0.4, -0.2) is 9.97 Å². The summed E-state index contributed by atoms with van der Waals surface area (Å²) in [6.07, 6.45) is 0. The summed E-state index contributed by atoms with van der Waals surface area (Å²) in [7, 11) is 0. The third kappa shape index (κ3) is 6.57. The molecule has 0 saturated heterocycles. The fraction of sp³-hybridized carbons (Fsp3) is 0. The van der Waals surface area contributed by atoms with Crippen LogP contribution in [-0.2, 0) is 0 Å². The van der Waals surface area contributed by atoms with E-state index in [4.69, 9.17) is 9.97 Å². The second-order valence-electron chi connectivity index (χ2n) is 14.5. The summed E-state index contributed by atoms with van der Waals surface area (Å²) in [5.74, 6) is 0. The van der Waals surface area contributed by atoms with Gasteiger partial charge < -0.3 is 0 Å². The maximum atomic E-state index is 5.79. The van der Waals surface area contributed by atoms with E-state index >= 15 is 0 Å². The number of fused-ring (bicyclic) bond motifs is 1. The fourth-order valence-electron chi connectivity index (χ4n) is 8.18. The third-order valence-corrected chi connectivity index (χ3v) is 10.9. The molecule has 0 spiro atoms. The van der Waals surface area contributed by atoms with Gasteiger partial charge in [0, 0.05) is 33.4 Å². The van der Waals surface area contributed by atoms with Gasteiger partial charge in [-0.25, -0.2) is 9.97 Å². The lowest BCUT2D eigenvalue weighted by Gasteiger charge is -2.25. The van der Waals surface area contributed by atoms with Crippen molar-refractivity contribution in [1.29, 1.82) is 0 Å². The van der Waals surface area contributed by atoms with Gasteiger partial charge in [0.05, 0.1) is 22.4 Å². The lowest BCUT2D eigenvalue weighted by Crippen LogP contribution is -2.03. The van der Waals surface area contributed by atoms with Crippen molar-refractivity contribution in [2.24, 2.45) is 0 Å². The third-order valence-electron chi connectivity index (χ3n) is 10.9. The van der Waals surface area contributed by atoms with Crippen LogP contribution >= 0.6 is 0 Å². The molecule has 0 unspecified atom stereocenters. The lowest BCUT2D eigenvalue weighted by molar-refractivity contribution is 1.29. The van der Waals surface area contributed by atoms with Crippen molar-refractivity contribution in [3.05, 3.63) is 231 Å². The van der Waals surface area contributed by atoms with Gasteiger partial charge in [-0.3, -0.25) is 0 Å². The maximum Gasteiger partial charge on any atom is 0.0986 e. The highest BCUT2D eigenvalue weighted by Crippen LogP contribution is 2.51. The summed E-state index contributed by atoms with van der Waals surface area (Å²) in [6.45, 7) is 0. The highest BCUT2D eigenvalue weighted by atomic mass is 14.8. The van der Waals surface area contributed by atoms with Crippen LogP contribution in [0.25, 0.3) is 100 Å². The number of benzene rings is 9. The topological polar surface area (TPSA) is 25.8 Å². The number of aromatic nitrogens is 2. The first-order chi connectivity index (χ1) is 28.8. The van der Waals surface area contributed by atoms with Crippen molar-refractivity contribution < 1.29 is 0 Å². The average Bonchev–Trinajstić information content (AvgIpc) is 3.32. The maximum absolute atomic E-state index is 5.79. The highest BCUT2D eigenvalue weighted by Gasteiger charge is 2.28. The summed E-state index contributed by atoms with van der Waals surface area (Å²) in [5, 5.41) is 0. The molecule has 0 aliphatic carbocycles. The highest BCUT2D eigenvalue weighted by molar-refractivity contribution is 6.17. The first-order valence-electron chi connectivity index (χ1n) is 19.8. The van der Waals surface area contributed by atoms with Crippen LogP contribution in [0.1, 0.15) is 0 Å². The molecule has 2 nitrogen and oxygen atoms in total.